The second-order valence-electron chi connectivity index (χ2n) is 5.15. The zero-order valence-electron chi connectivity index (χ0n) is 12.2. The Morgan fingerprint density at radius 1 is 0.895 bits per heavy atom. The first-order valence-electron chi connectivity index (χ1n) is 7.61. The van der Waals surface area contributed by atoms with Crippen molar-refractivity contribution in [2.45, 2.75) is 64.6 Å². The van der Waals surface area contributed by atoms with Gasteiger partial charge in [0.25, 0.3) is 0 Å². The van der Waals surface area contributed by atoms with Gasteiger partial charge in [0.1, 0.15) is 0 Å². The molecule has 2 aliphatic carbocycles. The van der Waals surface area contributed by atoms with Gasteiger partial charge < -0.3 is 14.2 Å². The Bertz CT molecular complexity index is 301. The fourth-order valence-corrected chi connectivity index (χ4v) is 2.70. The van der Waals surface area contributed by atoms with E-state index in [1.165, 1.54) is 0 Å². The first-order valence-corrected chi connectivity index (χ1v) is 7.61. The Morgan fingerprint density at radius 2 is 1.37 bits per heavy atom. The van der Waals surface area contributed by atoms with Crippen LogP contribution in [0.3, 0.4) is 0 Å². The molecule has 0 radical (unpaired) electrons. The van der Waals surface area contributed by atoms with Crippen LogP contribution in [-0.2, 0) is 14.2 Å². The van der Waals surface area contributed by atoms with Gasteiger partial charge in [-0.05, 0) is 51.7 Å². The standard InChI is InChI=1S/C16H26O3/c1-3-17-13-5-9-15(10-6-13)19-16-11-7-14(8-12-16)18-4-2/h9,11,13-14H,3-8,10,12H2,1-2H3. The number of allylic oxidation sites excluding steroid dienone is 2. The molecular weight excluding hydrogens is 240 g/mol. The Morgan fingerprint density at radius 3 is 1.68 bits per heavy atom. The minimum absolute atomic E-state index is 0.389. The third-order valence-electron chi connectivity index (χ3n) is 3.71. The minimum Gasteiger partial charge on any atom is -0.467 e. The SMILES string of the molecule is CCOC1CC=C(OC2=CCC(OCC)CC2)CC1. The largest absolute Gasteiger partial charge is 0.467 e. The van der Waals surface area contributed by atoms with Gasteiger partial charge in [0.2, 0.25) is 0 Å². The molecule has 0 bridgehead atoms. The molecule has 0 aromatic rings. The van der Waals surface area contributed by atoms with Gasteiger partial charge in [-0.2, -0.15) is 0 Å². The molecule has 0 N–H and O–H groups in total. The number of hydrogen-bond acceptors (Lipinski definition) is 3. The molecule has 2 aliphatic rings. The summed E-state index contributed by atoms with van der Waals surface area (Å²) < 4.78 is 17.3. The lowest BCUT2D eigenvalue weighted by atomic mass is 10.0. The highest BCUT2D eigenvalue weighted by molar-refractivity contribution is 5.08. The van der Waals surface area contributed by atoms with Crippen molar-refractivity contribution in [3.63, 3.8) is 0 Å². The van der Waals surface area contributed by atoms with Gasteiger partial charge >= 0.3 is 0 Å². The van der Waals surface area contributed by atoms with Crippen LogP contribution in [0, 0.1) is 0 Å². The van der Waals surface area contributed by atoms with Crippen LogP contribution in [0.2, 0.25) is 0 Å². The minimum atomic E-state index is 0.389. The number of rotatable bonds is 6. The molecule has 0 amide bonds. The molecule has 0 aromatic carbocycles. The lowest BCUT2D eigenvalue weighted by molar-refractivity contribution is 0.0442. The van der Waals surface area contributed by atoms with Crippen molar-refractivity contribution in [1.29, 1.82) is 0 Å². The molecule has 19 heavy (non-hydrogen) atoms. The zero-order chi connectivity index (χ0) is 13.5. The van der Waals surface area contributed by atoms with E-state index in [-0.39, 0.29) is 0 Å². The molecule has 108 valence electrons. The van der Waals surface area contributed by atoms with Gasteiger partial charge in [-0.3, -0.25) is 0 Å². The van der Waals surface area contributed by atoms with Crippen molar-refractivity contribution in [2.24, 2.45) is 0 Å². The van der Waals surface area contributed by atoms with Crippen LogP contribution in [0.25, 0.3) is 0 Å². The van der Waals surface area contributed by atoms with Gasteiger partial charge in [-0.15, -0.1) is 0 Å². The average Bonchev–Trinajstić information content (AvgIpc) is 2.44. The van der Waals surface area contributed by atoms with E-state index < -0.39 is 0 Å². The van der Waals surface area contributed by atoms with Crippen LogP contribution in [0.1, 0.15) is 52.4 Å². The molecule has 2 atom stereocenters. The molecule has 3 heteroatoms. The van der Waals surface area contributed by atoms with Crippen LogP contribution in [0.15, 0.2) is 23.7 Å². The summed E-state index contributed by atoms with van der Waals surface area (Å²) in [5.41, 5.74) is 0. The molecule has 2 unspecified atom stereocenters. The molecule has 0 heterocycles. The summed E-state index contributed by atoms with van der Waals surface area (Å²) >= 11 is 0. The Hall–Kier alpha value is -0.800. The maximum absolute atomic E-state index is 6.00. The topological polar surface area (TPSA) is 27.7 Å². The van der Waals surface area contributed by atoms with Crippen molar-refractivity contribution in [1.82, 2.24) is 0 Å². The molecule has 0 aromatic heterocycles. The fraction of sp³-hybridized carbons (Fsp3) is 0.750. The molecule has 2 rings (SSSR count). The van der Waals surface area contributed by atoms with Crippen LogP contribution in [0.4, 0.5) is 0 Å². The highest BCUT2D eigenvalue weighted by atomic mass is 16.5. The molecule has 0 saturated heterocycles. The van der Waals surface area contributed by atoms with E-state index in [4.69, 9.17) is 14.2 Å². The summed E-state index contributed by atoms with van der Waals surface area (Å²) in [5.74, 6) is 2.24. The second-order valence-corrected chi connectivity index (χ2v) is 5.15. The molecule has 0 aliphatic heterocycles. The monoisotopic (exact) mass is 266 g/mol. The number of hydrogen-bond donors (Lipinski definition) is 0. The van der Waals surface area contributed by atoms with Gasteiger partial charge in [-0.25, -0.2) is 0 Å². The third kappa shape index (κ3) is 4.66. The molecule has 0 fully saturated rings. The smallest absolute Gasteiger partial charge is 0.0998 e. The van der Waals surface area contributed by atoms with E-state index in [1.54, 1.807) is 0 Å². The maximum atomic E-state index is 6.00. The van der Waals surface area contributed by atoms with Crippen molar-refractivity contribution >= 4 is 0 Å². The van der Waals surface area contributed by atoms with E-state index in [2.05, 4.69) is 26.0 Å². The summed E-state index contributed by atoms with van der Waals surface area (Å²) in [4.78, 5) is 0. The molecular formula is C16H26O3. The van der Waals surface area contributed by atoms with Crippen molar-refractivity contribution < 1.29 is 14.2 Å². The lowest BCUT2D eigenvalue weighted by Gasteiger charge is -2.25. The van der Waals surface area contributed by atoms with Crippen LogP contribution in [-0.4, -0.2) is 25.4 Å². The van der Waals surface area contributed by atoms with Crippen LogP contribution >= 0.6 is 0 Å². The number of ether oxygens (including phenoxy) is 3. The first-order chi connectivity index (χ1) is 9.31. The maximum Gasteiger partial charge on any atom is 0.0998 e. The Labute approximate surface area is 116 Å². The normalized spacial score (nSPS) is 27.7. The van der Waals surface area contributed by atoms with Gasteiger partial charge in [0.05, 0.1) is 23.7 Å². The molecule has 3 nitrogen and oxygen atoms in total. The lowest BCUT2D eigenvalue weighted by Crippen LogP contribution is -2.18. The zero-order valence-corrected chi connectivity index (χ0v) is 12.2. The van der Waals surface area contributed by atoms with Gasteiger partial charge in [0, 0.05) is 26.1 Å². The third-order valence-corrected chi connectivity index (χ3v) is 3.71. The predicted octanol–water partition coefficient (Wildman–Crippen LogP) is 3.95. The highest BCUT2D eigenvalue weighted by Gasteiger charge is 2.19. The van der Waals surface area contributed by atoms with Crippen LogP contribution < -0.4 is 0 Å². The van der Waals surface area contributed by atoms with Crippen molar-refractivity contribution in [3.05, 3.63) is 23.7 Å². The highest BCUT2D eigenvalue weighted by Crippen LogP contribution is 2.28. The van der Waals surface area contributed by atoms with E-state index in [1.807, 2.05) is 0 Å². The quantitative estimate of drug-likeness (QED) is 0.728. The first kappa shape index (κ1) is 14.6. The Balaban J connectivity index is 1.76. The van der Waals surface area contributed by atoms with Crippen LogP contribution in [0.5, 0.6) is 0 Å². The van der Waals surface area contributed by atoms with E-state index in [0.717, 1.165) is 63.3 Å². The molecule has 0 spiro atoms. The second kappa shape index (κ2) is 7.71. The van der Waals surface area contributed by atoms with Crippen molar-refractivity contribution in [2.75, 3.05) is 13.2 Å². The van der Waals surface area contributed by atoms with E-state index >= 15 is 0 Å². The predicted molar refractivity (Wildman–Crippen MR) is 75.8 cm³/mol. The van der Waals surface area contributed by atoms with Crippen molar-refractivity contribution in [3.8, 4) is 0 Å². The summed E-state index contributed by atoms with van der Waals surface area (Å²) in [6, 6.07) is 0. The summed E-state index contributed by atoms with van der Waals surface area (Å²) in [7, 11) is 0. The Kier molecular flexibility index (Phi) is 5.93. The molecule has 0 saturated carbocycles. The summed E-state index contributed by atoms with van der Waals surface area (Å²) in [6.45, 7) is 5.71. The summed E-state index contributed by atoms with van der Waals surface area (Å²) in [5, 5.41) is 0. The fourth-order valence-electron chi connectivity index (χ4n) is 2.70. The average molecular weight is 266 g/mol. The van der Waals surface area contributed by atoms with Gasteiger partial charge in [-0.1, -0.05) is 0 Å². The van der Waals surface area contributed by atoms with Gasteiger partial charge in [0.15, 0.2) is 0 Å². The van der Waals surface area contributed by atoms with E-state index in [9.17, 15) is 0 Å². The summed E-state index contributed by atoms with van der Waals surface area (Å²) in [6.07, 6.45) is 11.3. The van der Waals surface area contributed by atoms with E-state index in [0.29, 0.717) is 12.2 Å².